The summed E-state index contributed by atoms with van der Waals surface area (Å²) in [4.78, 5) is 20.8. The molecule has 3 aromatic rings. The highest BCUT2D eigenvalue weighted by Gasteiger charge is 2.14. The van der Waals surface area contributed by atoms with Crippen molar-refractivity contribution in [1.29, 1.82) is 0 Å². The van der Waals surface area contributed by atoms with E-state index in [9.17, 15) is 0 Å². The number of guanidine groups is 4. The Balaban J connectivity index is 0.00000705. The number of rotatable bonds is 9. The van der Waals surface area contributed by atoms with Gasteiger partial charge in [-0.25, -0.2) is 9.98 Å². The normalized spacial score (nSPS) is 13.1. The van der Waals surface area contributed by atoms with Crippen LogP contribution in [0.15, 0.2) is 105 Å². The molecule has 14 heteroatoms. The third-order valence-corrected chi connectivity index (χ3v) is 6.57. The maximum absolute atomic E-state index is 6.41. The van der Waals surface area contributed by atoms with Crippen molar-refractivity contribution < 1.29 is 0 Å². The molecule has 3 rings (SSSR count). The van der Waals surface area contributed by atoms with E-state index in [2.05, 4.69) is 33.8 Å². The molecule has 0 fully saturated rings. The van der Waals surface area contributed by atoms with E-state index in [0.717, 1.165) is 12.0 Å². The molecule has 0 bridgehead atoms. The Morgan fingerprint density at radius 3 is 1.64 bits per heavy atom. The molecule has 0 amide bonds. The van der Waals surface area contributed by atoms with Crippen LogP contribution in [-0.4, -0.2) is 35.3 Å². The van der Waals surface area contributed by atoms with Crippen molar-refractivity contribution in [1.82, 2.24) is 11.1 Å². The maximum atomic E-state index is 6.41. The average molecular weight is 654 g/mol. The van der Waals surface area contributed by atoms with E-state index in [1.165, 1.54) is 0 Å². The van der Waals surface area contributed by atoms with Gasteiger partial charge in [-0.3, -0.25) is 4.90 Å². The number of benzene rings is 3. The third-order valence-electron chi connectivity index (χ3n) is 6.07. The first-order chi connectivity index (χ1) is 20.9. The van der Waals surface area contributed by atoms with Gasteiger partial charge in [0.15, 0.2) is 5.96 Å². The van der Waals surface area contributed by atoms with Gasteiger partial charge in [0.25, 0.3) is 0 Å². The second-order valence-corrected chi connectivity index (χ2v) is 11.2. The summed E-state index contributed by atoms with van der Waals surface area (Å²) in [7, 11) is 0. The van der Waals surface area contributed by atoms with Gasteiger partial charge < -0.3 is 39.7 Å². The summed E-state index contributed by atoms with van der Waals surface area (Å²) in [5.41, 5.74) is 34.3. The van der Waals surface area contributed by atoms with Crippen LogP contribution in [0.4, 0.5) is 17.1 Å². The first kappa shape index (κ1) is 36.4. The minimum absolute atomic E-state index is 0. The van der Waals surface area contributed by atoms with E-state index >= 15 is 0 Å². The van der Waals surface area contributed by atoms with E-state index < -0.39 is 0 Å². The van der Waals surface area contributed by atoms with Crippen molar-refractivity contribution in [2.75, 3.05) is 11.4 Å². The van der Waals surface area contributed by atoms with Crippen molar-refractivity contribution in [2.24, 2.45) is 54.6 Å². The van der Waals surface area contributed by atoms with E-state index in [0.29, 0.717) is 51.8 Å². The number of hydrogen-bond acceptors (Lipinski definition) is 4. The number of allylic oxidation sites excluding steroid dienone is 1. The van der Waals surface area contributed by atoms with Crippen molar-refractivity contribution in [3.8, 4) is 0 Å². The van der Waals surface area contributed by atoms with Crippen molar-refractivity contribution in [3.05, 3.63) is 100 Å². The van der Waals surface area contributed by atoms with Crippen LogP contribution in [0.1, 0.15) is 32.8 Å². The van der Waals surface area contributed by atoms with Gasteiger partial charge in [0.2, 0.25) is 17.9 Å². The topological polar surface area (TPSA) is 221 Å². The Bertz CT molecular complexity index is 1520. The molecule has 0 aliphatic rings. The maximum Gasteiger partial charge on any atom is 0.223 e. The van der Waals surface area contributed by atoms with Crippen LogP contribution < -0.4 is 39.7 Å². The minimum atomic E-state index is -0.0241. The van der Waals surface area contributed by atoms with Gasteiger partial charge in [0.1, 0.15) is 0 Å². The molecule has 13 N–H and O–H groups in total. The molecule has 0 radical (unpaired) electrons. The molecule has 12 nitrogen and oxygen atoms in total. The fourth-order valence-electron chi connectivity index (χ4n) is 3.85. The lowest BCUT2D eigenvalue weighted by atomic mass is 10.1. The Morgan fingerprint density at radius 2 is 1.20 bits per heavy atom. The van der Waals surface area contributed by atoms with Gasteiger partial charge in [-0.15, -0.1) is 0 Å². The van der Waals surface area contributed by atoms with Crippen LogP contribution in [0.2, 0.25) is 10.0 Å². The molecule has 3 aromatic carbocycles. The van der Waals surface area contributed by atoms with Gasteiger partial charge in [-0.1, -0.05) is 49.2 Å². The summed E-state index contributed by atoms with van der Waals surface area (Å²) in [5.74, 6) is 0.834. The summed E-state index contributed by atoms with van der Waals surface area (Å²) in [6.07, 6.45) is 2.56. The van der Waals surface area contributed by atoms with Crippen LogP contribution in [0.5, 0.6) is 0 Å². The van der Waals surface area contributed by atoms with Crippen LogP contribution in [0.25, 0.3) is 0 Å². The molecule has 0 atom stereocenters. The standard InChI is InChI=1S/C31H39Cl2N11.H3N/c1-20(2)16-17-43(30(37)41-28(35)39-25-10-6-23(32)7-11-25)19-22-4-14-27(15-5-22)44(18-21(3)34)31(38)42-29(36)40-26-12-8-24(33)9-13-26;/h4-15,18,20H,16-17,19,34H2,1-3H3,(H4,35,37,39,41)(H4,36,38,40,42);1H3/b21-18+;. The highest BCUT2D eigenvalue weighted by atomic mass is 35.5. The number of hydrogen-bond donors (Lipinski definition) is 6. The summed E-state index contributed by atoms with van der Waals surface area (Å²) in [5, 5.41) is 1.20. The number of halogens is 2. The Hall–Kier alpha value is -4.78. The molecule has 45 heavy (non-hydrogen) atoms. The molecule has 0 aromatic heterocycles. The first-order valence-corrected chi connectivity index (χ1v) is 14.6. The zero-order valence-electron chi connectivity index (χ0n) is 25.7. The highest BCUT2D eigenvalue weighted by molar-refractivity contribution is 6.30. The van der Waals surface area contributed by atoms with Crippen LogP contribution in [0, 0.1) is 5.92 Å². The molecule has 0 aliphatic heterocycles. The molecule has 0 spiro atoms. The van der Waals surface area contributed by atoms with Crippen molar-refractivity contribution in [3.63, 3.8) is 0 Å². The lowest BCUT2D eigenvalue weighted by Crippen LogP contribution is -2.39. The molecule has 0 heterocycles. The highest BCUT2D eigenvalue weighted by Crippen LogP contribution is 2.20. The van der Waals surface area contributed by atoms with Crippen LogP contribution >= 0.6 is 23.2 Å². The molecule has 240 valence electrons. The van der Waals surface area contributed by atoms with E-state index in [1.54, 1.807) is 66.6 Å². The van der Waals surface area contributed by atoms with E-state index in [4.69, 9.17) is 51.9 Å². The SMILES string of the molecule is C/C(N)=C\N(/C(N)=N/C(N)=Nc1ccc(Cl)cc1)c1ccc(CN(CCC(C)C)/C(N)=N/C(N)=Nc2ccc(Cl)cc2)cc1.N. The van der Waals surface area contributed by atoms with Crippen LogP contribution in [-0.2, 0) is 6.54 Å². The van der Waals surface area contributed by atoms with Gasteiger partial charge in [-0.2, -0.15) is 9.98 Å². The zero-order valence-corrected chi connectivity index (χ0v) is 27.2. The van der Waals surface area contributed by atoms with Crippen LogP contribution in [0.3, 0.4) is 0 Å². The Labute approximate surface area is 274 Å². The number of nitrogens with zero attached hydrogens (tertiary/aromatic N) is 6. The number of anilines is 1. The average Bonchev–Trinajstić information content (AvgIpc) is 2.96. The molecule has 0 saturated heterocycles. The molecular weight excluding hydrogens is 611 g/mol. The fraction of sp³-hybridized carbons (Fsp3) is 0.226. The first-order valence-electron chi connectivity index (χ1n) is 13.8. The lowest BCUT2D eigenvalue weighted by molar-refractivity contribution is 0.371. The second-order valence-electron chi connectivity index (χ2n) is 10.3. The predicted molar refractivity (Wildman–Crippen MR) is 190 cm³/mol. The Morgan fingerprint density at radius 1 is 0.733 bits per heavy atom. The quantitative estimate of drug-likeness (QED) is 0.127. The zero-order chi connectivity index (χ0) is 32.2. The van der Waals surface area contributed by atoms with Gasteiger partial charge in [0, 0.05) is 40.7 Å². The van der Waals surface area contributed by atoms with Gasteiger partial charge >= 0.3 is 0 Å². The fourth-order valence-corrected chi connectivity index (χ4v) is 4.10. The Kier molecular flexibility index (Phi) is 14.2. The van der Waals surface area contributed by atoms with Gasteiger partial charge in [-0.05, 0) is 85.5 Å². The summed E-state index contributed by atoms with van der Waals surface area (Å²) in [6, 6.07) is 21.6. The third kappa shape index (κ3) is 12.4. The molecule has 0 unspecified atom stereocenters. The van der Waals surface area contributed by atoms with E-state index in [1.807, 2.05) is 29.2 Å². The lowest BCUT2D eigenvalue weighted by Gasteiger charge is -2.25. The largest absolute Gasteiger partial charge is 0.401 e. The second kappa shape index (κ2) is 17.5. The van der Waals surface area contributed by atoms with E-state index in [-0.39, 0.29) is 30.0 Å². The monoisotopic (exact) mass is 652 g/mol. The number of nitrogens with two attached hydrogens (primary N) is 5. The molecule has 0 aliphatic carbocycles. The van der Waals surface area contributed by atoms with Crippen molar-refractivity contribution in [2.45, 2.75) is 33.7 Å². The minimum Gasteiger partial charge on any atom is -0.401 e. The summed E-state index contributed by atoms with van der Waals surface area (Å²) in [6.45, 7) is 7.22. The summed E-state index contributed by atoms with van der Waals surface area (Å²) >= 11 is 11.9. The smallest absolute Gasteiger partial charge is 0.223 e. The molecular formula is C31H42Cl2N12. The molecule has 0 saturated carbocycles. The summed E-state index contributed by atoms with van der Waals surface area (Å²) < 4.78 is 0. The van der Waals surface area contributed by atoms with Crippen molar-refractivity contribution >= 4 is 64.1 Å². The number of aliphatic imine (C=N–C) groups is 4. The van der Waals surface area contributed by atoms with Gasteiger partial charge in [0.05, 0.1) is 11.4 Å². The predicted octanol–water partition coefficient (Wildman–Crippen LogP) is 5.55.